The Kier molecular flexibility index (Phi) is 9.71. The van der Waals surface area contributed by atoms with Crippen LogP contribution in [-0.2, 0) is 6.54 Å². The van der Waals surface area contributed by atoms with Crippen LogP contribution in [0.3, 0.4) is 0 Å². The molecule has 0 spiro atoms. The molecule has 0 aliphatic rings. The minimum absolute atomic E-state index is 0. The molecule has 146 valence electrons. The van der Waals surface area contributed by atoms with E-state index in [0.717, 1.165) is 17.8 Å². The lowest BCUT2D eigenvalue weighted by atomic mass is 10.2. The van der Waals surface area contributed by atoms with Crippen LogP contribution in [0.15, 0.2) is 55.1 Å². The minimum Gasteiger partial charge on any atom is -0.493 e. The van der Waals surface area contributed by atoms with Crippen LogP contribution in [0.2, 0.25) is 0 Å². The molecule has 2 aromatic rings. The van der Waals surface area contributed by atoms with Crippen molar-refractivity contribution in [2.24, 2.45) is 0 Å². The third kappa shape index (κ3) is 7.16. The second kappa shape index (κ2) is 11.8. The molecule has 27 heavy (non-hydrogen) atoms. The number of hydrogen-bond acceptors (Lipinski definition) is 6. The lowest BCUT2D eigenvalue weighted by Crippen LogP contribution is -2.21. The molecule has 0 saturated heterocycles. The first kappa shape index (κ1) is 22.3. The molecular weight excluding hydrogens is 370 g/mol. The van der Waals surface area contributed by atoms with Gasteiger partial charge in [-0.15, -0.1) is 12.4 Å². The first-order valence-electron chi connectivity index (χ1n) is 8.23. The maximum Gasteiger partial charge on any atom is 0.269 e. The summed E-state index contributed by atoms with van der Waals surface area (Å²) in [5.41, 5.74) is 2.02. The number of halogens is 1. The van der Waals surface area contributed by atoms with Gasteiger partial charge in [0.1, 0.15) is 6.61 Å². The van der Waals surface area contributed by atoms with Gasteiger partial charge in [0, 0.05) is 37.5 Å². The van der Waals surface area contributed by atoms with Gasteiger partial charge in [-0.2, -0.15) is 0 Å². The van der Waals surface area contributed by atoms with E-state index in [-0.39, 0.29) is 18.1 Å². The molecule has 0 radical (unpaired) electrons. The minimum atomic E-state index is -0.409. The Morgan fingerprint density at radius 2 is 1.89 bits per heavy atom. The van der Waals surface area contributed by atoms with E-state index in [4.69, 9.17) is 9.47 Å². The third-order valence-electron chi connectivity index (χ3n) is 3.62. The molecule has 0 fully saturated rings. The number of methoxy groups -OCH3 is 1. The van der Waals surface area contributed by atoms with Crippen LogP contribution in [0.4, 0.5) is 11.4 Å². The van der Waals surface area contributed by atoms with E-state index >= 15 is 0 Å². The van der Waals surface area contributed by atoms with E-state index in [1.807, 2.05) is 18.2 Å². The molecule has 2 N–H and O–H groups in total. The molecule has 2 rings (SSSR count). The first-order chi connectivity index (χ1) is 12.6. The molecule has 0 aromatic heterocycles. The Morgan fingerprint density at radius 3 is 2.52 bits per heavy atom. The zero-order chi connectivity index (χ0) is 18.8. The zero-order valence-electron chi connectivity index (χ0n) is 15.1. The summed E-state index contributed by atoms with van der Waals surface area (Å²) in [6, 6.07) is 12.2. The average Bonchev–Trinajstić information content (AvgIpc) is 2.66. The highest BCUT2D eigenvalue weighted by atomic mass is 35.5. The van der Waals surface area contributed by atoms with E-state index in [1.165, 1.54) is 12.1 Å². The van der Waals surface area contributed by atoms with Crippen molar-refractivity contribution in [2.75, 3.05) is 32.1 Å². The molecule has 8 heteroatoms. The zero-order valence-corrected chi connectivity index (χ0v) is 16.0. The van der Waals surface area contributed by atoms with Crippen LogP contribution in [0.1, 0.15) is 5.56 Å². The SMILES string of the molecule is C=CCOc1ccc(CNCCNc2ccc([N+](=O)[O-])cc2)cc1OC.Cl. The number of non-ortho nitro benzene ring substituents is 1. The molecule has 7 nitrogen and oxygen atoms in total. The normalized spacial score (nSPS) is 9.81. The molecule has 0 heterocycles. The topological polar surface area (TPSA) is 85.7 Å². The van der Waals surface area contributed by atoms with Gasteiger partial charge in [-0.25, -0.2) is 0 Å². The molecule has 0 unspecified atom stereocenters. The fourth-order valence-electron chi connectivity index (χ4n) is 2.32. The van der Waals surface area contributed by atoms with Gasteiger partial charge in [-0.05, 0) is 29.8 Å². The first-order valence-corrected chi connectivity index (χ1v) is 8.23. The Labute approximate surface area is 164 Å². The van der Waals surface area contributed by atoms with E-state index in [0.29, 0.717) is 31.2 Å². The van der Waals surface area contributed by atoms with Crippen LogP contribution in [0.25, 0.3) is 0 Å². The molecule has 0 aliphatic carbocycles. The number of benzene rings is 2. The summed E-state index contributed by atoms with van der Waals surface area (Å²) in [4.78, 5) is 10.2. The number of hydrogen-bond donors (Lipinski definition) is 2. The lowest BCUT2D eigenvalue weighted by molar-refractivity contribution is -0.384. The molecule has 2 aromatic carbocycles. The van der Waals surface area contributed by atoms with Gasteiger partial charge >= 0.3 is 0 Å². The van der Waals surface area contributed by atoms with Gasteiger partial charge in [-0.1, -0.05) is 18.7 Å². The van der Waals surface area contributed by atoms with Crippen molar-refractivity contribution >= 4 is 23.8 Å². The summed E-state index contributed by atoms with van der Waals surface area (Å²) in [5.74, 6) is 1.38. The fourth-order valence-corrected chi connectivity index (χ4v) is 2.32. The summed E-state index contributed by atoms with van der Waals surface area (Å²) in [6.07, 6.45) is 1.69. The highest BCUT2D eigenvalue weighted by molar-refractivity contribution is 5.85. The van der Waals surface area contributed by atoms with Gasteiger partial charge < -0.3 is 20.1 Å². The third-order valence-corrected chi connectivity index (χ3v) is 3.62. The van der Waals surface area contributed by atoms with Crippen molar-refractivity contribution in [3.63, 3.8) is 0 Å². The molecular formula is C19H24ClN3O4. The van der Waals surface area contributed by atoms with E-state index in [1.54, 1.807) is 25.3 Å². The van der Waals surface area contributed by atoms with E-state index in [2.05, 4.69) is 17.2 Å². The maximum atomic E-state index is 10.6. The van der Waals surface area contributed by atoms with Crippen molar-refractivity contribution in [3.05, 3.63) is 70.8 Å². The number of nitrogens with zero attached hydrogens (tertiary/aromatic N) is 1. The fraction of sp³-hybridized carbons (Fsp3) is 0.263. The number of ether oxygens (including phenoxy) is 2. The monoisotopic (exact) mass is 393 g/mol. The average molecular weight is 394 g/mol. The molecule has 0 aliphatic heterocycles. The van der Waals surface area contributed by atoms with Crippen molar-refractivity contribution in [2.45, 2.75) is 6.54 Å². The number of anilines is 1. The second-order valence-electron chi connectivity index (χ2n) is 5.49. The second-order valence-corrected chi connectivity index (χ2v) is 5.49. The number of nitro benzene ring substituents is 1. The number of nitrogens with one attached hydrogen (secondary N) is 2. The van der Waals surface area contributed by atoms with E-state index in [9.17, 15) is 10.1 Å². The van der Waals surface area contributed by atoms with Crippen molar-refractivity contribution in [1.29, 1.82) is 0 Å². The highest BCUT2D eigenvalue weighted by Gasteiger charge is 2.05. The van der Waals surface area contributed by atoms with Crippen LogP contribution < -0.4 is 20.1 Å². The predicted molar refractivity (Wildman–Crippen MR) is 109 cm³/mol. The van der Waals surface area contributed by atoms with Gasteiger partial charge in [0.05, 0.1) is 12.0 Å². The predicted octanol–water partition coefficient (Wildman–Crippen LogP) is 3.79. The van der Waals surface area contributed by atoms with Gasteiger partial charge in [0.25, 0.3) is 5.69 Å². The Morgan fingerprint density at radius 1 is 1.15 bits per heavy atom. The van der Waals surface area contributed by atoms with Crippen LogP contribution >= 0.6 is 12.4 Å². The Balaban J connectivity index is 0.00000364. The number of rotatable bonds is 11. The quantitative estimate of drug-likeness (QED) is 0.261. The summed E-state index contributed by atoms with van der Waals surface area (Å²) in [7, 11) is 1.61. The molecule has 0 atom stereocenters. The summed E-state index contributed by atoms with van der Waals surface area (Å²) < 4.78 is 10.9. The molecule has 0 bridgehead atoms. The summed E-state index contributed by atoms with van der Waals surface area (Å²) in [6.45, 7) is 6.20. The Bertz CT molecular complexity index is 738. The summed E-state index contributed by atoms with van der Waals surface area (Å²) >= 11 is 0. The highest BCUT2D eigenvalue weighted by Crippen LogP contribution is 2.28. The Hall–Kier alpha value is -2.77. The van der Waals surface area contributed by atoms with Gasteiger partial charge in [0.2, 0.25) is 0 Å². The van der Waals surface area contributed by atoms with Crippen LogP contribution in [-0.4, -0.2) is 31.7 Å². The van der Waals surface area contributed by atoms with Crippen molar-refractivity contribution in [1.82, 2.24) is 5.32 Å². The van der Waals surface area contributed by atoms with Gasteiger partial charge in [-0.3, -0.25) is 10.1 Å². The smallest absolute Gasteiger partial charge is 0.269 e. The lowest BCUT2D eigenvalue weighted by Gasteiger charge is -2.12. The molecule has 0 amide bonds. The van der Waals surface area contributed by atoms with E-state index < -0.39 is 4.92 Å². The number of nitro groups is 1. The van der Waals surface area contributed by atoms with Crippen LogP contribution in [0, 0.1) is 10.1 Å². The van der Waals surface area contributed by atoms with Gasteiger partial charge in [0.15, 0.2) is 11.5 Å². The largest absolute Gasteiger partial charge is 0.493 e. The maximum absolute atomic E-state index is 10.6. The molecule has 0 saturated carbocycles. The van der Waals surface area contributed by atoms with Crippen LogP contribution in [0.5, 0.6) is 11.5 Å². The van der Waals surface area contributed by atoms with Crippen molar-refractivity contribution < 1.29 is 14.4 Å². The van der Waals surface area contributed by atoms with Crippen molar-refractivity contribution in [3.8, 4) is 11.5 Å². The standard InChI is InChI=1S/C19H23N3O4.ClH/c1-3-12-26-18-9-4-15(13-19(18)25-2)14-20-10-11-21-16-5-7-17(8-6-16)22(23)24;/h3-9,13,20-21H,1,10-12,14H2,2H3;1H. The summed E-state index contributed by atoms with van der Waals surface area (Å²) in [5, 5.41) is 17.2.